The van der Waals surface area contributed by atoms with E-state index in [9.17, 15) is 4.79 Å². The zero-order valence-corrected chi connectivity index (χ0v) is 16.8. The Labute approximate surface area is 165 Å². The van der Waals surface area contributed by atoms with Gasteiger partial charge in [0, 0.05) is 19.2 Å². The molecule has 0 aromatic heterocycles. The van der Waals surface area contributed by atoms with Crippen molar-refractivity contribution in [2.24, 2.45) is 0 Å². The second-order valence-electron chi connectivity index (χ2n) is 6.08. The fraction of sp³-hybridized carbons (Fsp3) is 0.381. The first kappa shape index (κ1) is 20.9. The highest BCUT2D eigenvalue weighted by Crippen LogP contribution is 2.36. The fourth-order valence-electron chi connectivity index (χ4n) is 2.52. The lowest BCUT2D eigenvalue weighted by Gasteiger charge is -2.19. The molecular formula is C21H26ClNO4. The summed E-state index contributed by atoms with van der Waals surface area (Å²) in [6.45, 7) is 3.65. The van der Waals surface area contributed by atoms with Crippen molar-refractivity contribution in [1.82, 2.24) is 4.90 Å². The lowest BCUT2D eigenvalue weighted by molar-refractivity contribution is 0.0787. The number of carbonyl (C=O) groups excluding carboxylic acids is 1. The number of carbonyl (C=O) groups is 1. The summed E-state index contributed by atoms with van der Waals surface area (Å²) < 4.78 is 16.6. The summed E-state index contributed by atoms with van der Waals surface area (Å²) in [6, 6.07) is 12.9. The molecule has 2 aromatic rings. The van der Waals surface area contributed by atoms with Crippen LogP contribution in [0, 0.1) is 0 Å². The number of para-hydroxylation sites is 1. The minimum absolute atomic E-state index is 0.128. The largest absolute Gasteiger partial charge is 0.494 e. The molecule has 0 aliphatic carbocycles. The van der Waals surface area contributed by atoms with Crippen LogP contribution in [0.2, 0.25) is 5.02 Å². The van der Waals surface area contributed by atoms with Crippen molar-refractivity contribution in [3.63, 3.8) is 0 Å². The maximum Gasteiger partial charge on any atom is 0.253 e. The minimum Gasteiger partial charge on any atom is -0.494 e. The van der Waals surface area contributed by atoms with Crippen LogP contribution in [-0.4, -0.2) is 44.7 Å². The number of rotatable bonds is 10. The Morgan fingerprint density at radius 1 is 1.11 bits per heavy atom. The molecular weight excluding hydrogens is 366 g/mol. The van der Waals surface area contributed by atoms with Crippen LogP contribution >= 0.6 is 11.6 Å². The van der Waals surface area contributed by atoms with Gasteiger partial charge in [-0.1, -0.05) is 36.7 Å². The highest BCUT2D eigenvalue weighted by atomic mass is 35.5. The fourth-order valence-corrected chi connectivity index (χ4v) is 2.78. The molecule has 1 amide bonds. The molecule has 0 saturated carbocycles. The van der Waals surface area contributed by atoms with E-state index in [0.717, 1.165) is 18.6 Å². The molecule has 6 heteroatoms. The van der Waals surface area contributed by atoms with Crippen molar-refractivity contribution in [2.45, 2.75) is 19.8 Å². The van der Waals surface area contributed by atoms with Crippen molar-refractivity contribution in [3.8, 4) is 17.2 Å². The zero-order valence-electron chi connectivity index (χ0n) is 16.0. The molecule has 0 unspecified atom stereocenters. The van der Waals surface area contributed by atoms with Crippen molar-refractivity contribution < 1.29 is 19.0 Å². The van der Waals surface area contributed by atoms with E-state index in [-0.39, 0.29) is 5.91 Å². The van der Waals surface area contributed by atoms with E-state index in [1.165, 1.54) is 7.11 Å². The Morgan fingerprint density at radius 2 is 1.85 bits per heavy atom. The van der Waals surface area contributed by atoms with Crippen molar-refractivity contribution in [1.29, 1.82) is 0 Å². The van der Waals surface area contributed by atoms with Gasteiger partial charge >= 0.3 is 0 Å². The molecule has 2 aromatic carbocycles. The van der Waals surface area contributed by atoms with Crippen LogP contribution in [0.4, 0.5) is 0 Å². The average Bonchev–Trinajstić information content (AvgIpc) is 2.69. The Hall–Kier alpha value is -2.40. The topological polar surface area (TPSA) is 48.0 Å². The van der Waals surface area contributed by atoms with Gasteiger partial charge in [-0.05, 0) is 37.1 Å². The first-order valence-corrected chi connectivity index (χ1v) is 9.38. The monoisotopic (exact) mass is 391 g/mol. The van der Waals surface area contributed by atoms with E-state index in [0.29, 0.717) is 41.8 Å². The van der Waals surface area contributed by atoms with E-state index in [4.69, 9.17) is 25.8 Å². The molecule has 0 heterocycles. The third-order valence-electron chi connectivity index (χ3n) is 3.92. The maximum atomic E-state index is 12.7. The van der Waals surface area contributed by atoms with Crippen LogP contribution in [0.1, 0.15) is 30.1 Å². The molecule has 0 N–H and O–H groups in total. The van der Waals surface area contributed by atoms with Gasteiger partial charge in [-0.15, -0.1) is 0 Å². The number of hydrogen-bond acceptors (Lipinski definition) is 4. The number of halogens is 1. The van der Waals surface area contributed by atoms with Gasteiger partial charge in [-0.2, -0.15) is 0 Å². The molecule has 2 rings (SSSR count). The predicted molar refractivity (Wildman–Crippen MR) is 107 cm³/mol. The Kier molecular flexibility index (Phi) is 8.27. The van der Waals surface area contributed by atoms with Gasteiger partial charge in [0.2, 0.25) is 0 Å². The summed E-state index contributed by atoms with van der Waals surface area (Å²) >= 11 is 6.30. The van der Waals surface area contributed by atoms with Crippen molar-refractivity contribution >= 4 is 17.5 Å². The molecule has 0 bridgehead atoms. The van der Waals surface area contributed by atoms with Crippen LogP contribution in [0.15, 0.2) is 42.5 Å². The molecule has 0 aliphatic rings. The second kappa shape index (κ2) is 10.7. The molecule has 0 spiro atoms. The average molecular weight is 392 g/mol. The van der Waals surface area contributed by atoms with Gasteiger partial charge in [0.05, 0.1) is 25.3 Å². The molecule has 0 fully saturated rings. The van der Waals surface area contributed by atoms with Crippen LogP contribution in [0.25, 0.3) is 0 Å². The summed E-state index contributed by atoms with van der Waals surface area (Å²) in [7, 11) is 3.29. The van der Waals surface area contributed by atoms with Crippen LogP contribution in [0.3, 0.4) is 0 Å². The number of benzene rings is 2. The molecule has 27 heavy (non-hydrogen) atoms. The molecule has 146 valence electrons. The Morgan fingerprint density at radius 3 is 2.52 bits per heavy atom. The third-order valence-corrected chi connectivity index (χ3v) is 4.20. The van der Waals surface area contributed by atoms with Gasteiger partial charge in [0.25, 0.3) is 5.91 Å². The predicted octanol–water partition coefficient (Wildman–Crippen LogP) is 4.68. The van der Waals surface area contributed by atoms with E-state index >= 15 is 0 Å². The number of amides is 1. The van der Waals surface area contributed by atoms with Gasteiger partial charge in [-0.3, -0.25) is 4.79 Å². The SMILES string of the molecule is CCCOc1c(Cl)cc(C(=O)N(C)CCCOc2ccccc2)cc1OC. The minimum atomic E-state index is -0.128. The van der Waals surface area contributed by atoms with Gasteiger partial charge < -0.3 is 19.1 Å². The van der Waals surface area contributed by atoms with E-state index in [1.54, 1.807) is 24.1 Å². The molecule has 0 radical (unpaired) electrons. The third kappa shape index (κ3) is 6.07. The Bertz CT molecular complexity index is 736. The normalized spacial score (nSPS) is 10.4. The van der Waals surface area contributed by atoms with Gasteiger partial charge in [-0.25, -0.2) is 0 Å². The van der Waals surface area contributed by atoms with E-state index < -0.39 is 0 Å². The lowest BCUT2D eigenvalue weighted by atomic mass is 10.1. The lowest BCUT2D eigenvalue weighted by Crippen LogP contribution is -2.28. The van der Waals surface area contributed by atoms with Crippen LogP contribution in [0.5, 0.6) is 17.2 Å². The van der Waals surface area contributed by atoms with Gasteiger partial charge in [0.15, 0.2) is 11.5 Å². The summed E-state index contributed by atoms with van der Waals surface area (Å²) in [5.41, 5.74) is 0.465. The quantitative estimate of drug-likeness (QED) is 0.552. The number of methoxy groups -OCH3 is 1. The summed E-state index contributed by atoms with van der Waals surface area (Å²) in [5, 5.41) is 0.368. The second-order valence-corrected chi connectivity index (χ2v) is 6.49. The standard InChI is InChI=1S/C21H26ClNO4/c1-4-12-27-20-18(22)14-16(15-19(20)25-3)21(24)23(2)11-8-13-26-17-9-6-5-7-10-17/h5-7,9-10,14-15H,4,8,11-13H2,1-3H3. The molecule has 0 saturated heterocycles. The number of hydrogen-bond donors (Lipinski definition) is 0. The van der Waals surface area contributed by atoms with Crippen molar-refractivity contribution in [3.05, 3.63) is 53.1 Å². The summed E-state index contributed by atoms with van der Waals surface area (Å²) in [4.78, 5) is 14.3. The van der Waals surface area contributed by atoms with Crippen LogP contribution in [-0.2, 0) is 0 Å². The number of nitrogens with zero attached hydrogens (tertiary/aromatic N) is 1. The zero-order chi connectivity index (χ0) is 19.6. The maximum absolute atomic E-state index is 12.7. The molecule has 0 aliphatic heterocycles. The van der Waals surface area contributed by atoms with Crippen molar-refractivity contribution in [2.75, 3.05) is 33.9 Å². The molecule has 0 atom stereocenters. The Balaban J connectivity index is 1.94. The summed E-state index contributed by atoms with van der Waals surface area (Å²) in [5.74, 6) is 1.62. The first-order chi connectivity index (χ1) is 13.1. The number of ether oxygens (including phenoxy) is 3. The van der Waals surface area contributed by atoms with E-state index in [1.807, 2.05) is 37.3 Å². The van der Waals surface area contributed by atoms with E-state index in [2.05, 4.69) is 0 Å². The first-order valence-electron chi connectivity index (χ1n) is 9.00. The van der Waals surface area contributed by atoms with Crippen LogP contribution < -0.4 is 14.2 Å². The van der Waals surface area contributed by atoms with Gasteiger partial charge in [0.1, 0.15) is 5.75 Å². The highest BCUT2D eigenvalue weighted by molar-refractivity contribution is 6.32. The smallest absolute Gasteiger partial charge is 0.253 e. The molecule has 5 nitrogen and oxygen atoms in total. The highest BCUT2D eigenvalue weighted by Gasteiger charge is 2.18. The summed E-state index contributed by atoms with van der Waals surface area (Å²) in [6.07, 6.45) is 1.58.